The summed E-state index contributed by atoms with van der Waals surface area (Å²) in [6, 6.07) is 0. The van der Waals surface area contributed by atoms with Crippen molar-refractivity contribution in [3.63, 3.8) is 0 Å². The van der Waals surface area contributed by atoms with Crippen molar-refractivity contribution in [2.45, 2.75) is 32.1 Å². The third kappa shape index (κ3) is 2.09. The average molecular weight is 214 g/mol. The second-order valence-electron chi connectivity index (χ2n) is 3.65. The molecule has 2 saturated heterocycles. The van der Waals surface area contributed by atoms with E-state index in [0.717, 1.165) is 13.1 Å². The Labute approximate surface area is 87.9 Å². The number of nitrogens with zero attached hydrogens (tertiary/aromatic N) is 2. The average Bonchev–Trinajstić information content (AvgIpc) is 2.51. The summed E-state index contributed by atoms with van der Waals surface area (Å²) >= 11 is 1.31. The topological polar surface area (TPSA) is 40.6 Å². The number of piperidine rings is 1. The SMILES string of the molecule is O=C1CCC(=O)N1SN1CCCCC1. The van der Waals surface area contributed by atoms with Crippen molar-refractivity contribution in [3.05, 3.63) is 0 Å². The van der Waals surface area contributed by atoms with Crippen molar-refractivity contribution in [3.8, 4) is 0 Å². The maximum Gasteiger partial charge on any atom is 0.240 e. The summed E-state index contributed by atoms with van der Waals surface area (Å²) in [6.07, 6.45) is 4.38. The Morgan fingerprint density at radius 3 is 2.07 bits per heavy atom. The molecule has 2 amide bonds. The van der Waals surface area contributed by atoms with E-state index in [1.54, 1.807) is 0 Å². The van der Waals surface area contributed by atoms with Gasteiger partial charge in [0.15, 0.2) is 0 Å². The first kappa shape index (κ1) is 9.98. The highest BCUT2D eigenvalue weighted by atomic mass is 32.2. The molecule has 0 aromatic carbocycles. The summed E-state index contributed by atoms with van der Waals surface area (Å²) in [6.45, 7) is 1.98. The molecule has 0 saturated carbocycles. The molecular weight excluding hydrogens is 200 g/mol. The molecule has 14 heavy (non-hydrogen) atoms. The zero-order valence-corrected chi connectivity index (χ0v) is 8.89. The van der Waals surface area contributed by atoms with Gasteiger partial charge in [-0.2, -0.15) is 0 Å². The lowest BCUT2D eigenvalue weighted by molar-refractivity contribution is -0.131. The fraction of sp³-hybridized carbons (Fsp3) is 0.778. The molecule has 0 unspecified atom stereocenters. The summed E-state index contributed by atoms with van der Waals surface area (Å²) in [5, 5.41) is 0. The number of amides is 2. The molecule has 0 N–H and O–H groups in total. The number of rotatable bonds is 2. The molecule has 0 radical (unpaired) electrons. The number of hydrogen-bond donors (Lipinski definition) is 0. The van der Waals surface area contributed by atoms with Crippen molar-refractivity contribution in [1.29, 1.82) is 0 Å². The van der Waals surface area contributed by atoms with Crippen LogP contribution in [0.1, 0.15) is 32.1 Å². The van der Waals surface area contributed by atoms with Crippen LogP contribution in [0.5, 0.6) is 0 Å². The van der Waals surface area contributed by atoms with Gasteiger partial charge in [-0.15, -0.1) is 0 Å². The number of hydrogen-bond acceptors (Lipinski definition) is 4. The second-order valence-corrected chi connectivity index (χ2v) is 4.70. The van der Waals surface area contributed by atoms with Gasteiger partial charge in [0, 0.05) is 38.1 Å². The molecule has 0 aromatic rings. The Morgan fingerprint density at radius 1 is 0.929 bits per heavy atom. The fourth-order valence-corrected chi connectivity index (χ4v) is 2.73. The molecule has 2 rings (SSSR count). The summed E-state index contributed by atoms with van der Waals surface area (Å²) in [5.74, 6) is -0.0730. The van der Waals surface area contributed by atoms with Crippen molar-refractivity contribution in [2.24, 2.45) is 0 Å². The minimum Gasteiger partial charge on any atom is -0.273 e. The van der Waals surface area contributed by atoms with Crippen molar-refractivity contribution in [2.75, 3.05) is 13.1 Å². The normalized spacial score (nSPS) is 24.7. The summed E-state index contributed by atoms with van der Waals surface area (Å²) in [5.41, 5.74) is 0. The fourth-order valence-electron chi connectivity index (χ4n) is 1.71. The van der Waals surface area contributed by atoms with E-state index >= 15 is 0 Å². The molecule has 0 aliphatic carbocycles. The van der Waals surface area contributed by atoms with Gasteiger partial charge in [-0.3, -0.25) is 9.59 Å². The molecular formula is C9H14N2O2S. The smallest absolute Gasteiger partial charge is 0.240 e. The van der Waals surface area contributed by atoms with Gasteiger partial charge in [0.05, 0.1) is 0 Å². The Bertz CT molecular complexity index is 235. The van der Waals surface area contributed by atoms with E-state index in [9.17, 15) is 9.59 Å². The van der Waals surface area contributed by atoms with E-state index in [-0.39, 0.29) is 11.8 Å². The summed E-state index contributed by atoms with van der Waals surface area (Å²) in [7, 11) is 0. The monoisotopic (exact) mass is 214 g/mol. The first-order valence-electron chi connectivity index (χ1n) is 5.06. The molecule has 0 atom stereocenters. The molecule has 0 bridgehead atoms. The largest absolute Gasteiger partial charge is 0.273 e. The van der Waals surface area contributed by atoms with E-state index in [1.807, 2.05) is 0 Å². The predicted octanol–water partition coefficient (Wildman–Crippen LogP) is 1.18. The van der Waals surface area contributed by atoms with E-state index in [0.29, 0.717) is 12.8 Å². The van der Waals surface area contributed by atoms with Crippen LogP contribution in [-0.4, -0.2) is 33.5 Å². The van der Waals surface area contributed by atoms with Crippen LogP contribution in [0.2, 0.25) is 0 Å². The molecule has 4 nitrogen and oxygen atoms in total. The predicted molar refractivity (Wildman–Crippen MR) is 54.1 cm³/mol. The highest BCUT2D eigenvalue weighted by Crippen LogP contribution is 2.26. The van der Waals surface area contributed by atoms with Crippen LogP contribution in [0.15, 0.2) is 0 Å². The molecule has 2 aliphatic heterocycles. The number of carbonyl (C=O) groups is 2. The van der Waals surface area contributed by atoms with Crippen LogP contribution < -0.4 is 0 Å². The van der Waals surface area contributed by atoms with Crippen LogP contribution in [0.4, 0.5) is 0 Å². The molecule has 0 aromatic heterocycles. The van der Waals surface area contributed by atoms with Crippen LogP contribution in [-0.2, 0) is 9.59 Å². The van der Waals surface area contributed by atoms with E-state index in [2.05, 4.69) is 4.31 Å². The van der Waals surface area contributed by atoms with Crippen LogP contribution in [0, 0.1) is 0 Å². The van der Waals surface area contributed by atoms with Crippen LogP contribution in [0.3, 0.4) is 0 Å². The lowest BCUT2D eigenvalue weighted by atomic mass is 10.2. The van der Waals surface area contributed by atoms with Crippen molar-refractivity contribution >= 4 is 23.9 Å². The van der Waals surface area contributed by atoms with E-state index in [1.165, 1.54) is 35.7 Å². The number of carbonyl (C=O) groups excluding carboxylic acids is 2. The van der Waals surface area contributed by atoms with E-state index < -0.39 is 0 Å². The van der Waals surface area contributed by atoms with Gasteiger partial charge < -0.3 is 0 Å². The second kappa shape index (κ2) is 4.31. The minimum absolute atomic E-state index is 0.0365. The molecule has 5 heteroatoms. The third-order valence-electron chi connectivity index (χ3n) is 2.52. The Kier molecular flexibility index (Phi) is 3.08. The Morgan fingerprint density at radius 2 is 1.50 bits per heavy atom. The molecule has 2 heterocycles. The zero-order chi connectivity index (χ0) is 9.97. The van der Waals surface area contributed by atoms with Crippen LogP contribution in [0.25, 0.3) is 0 Å². The first-order chi connectivity index (χ1) is 6.77. The standard InChI is InChI=1S/C9H14N2O2S/c12-8-4-5-9(13)11(8)14-10-6-2-1-3-7-10/h1-7H2. The quantitative estimate of drug-likeness (QED) is 0.511. The maximum atomic E-state index is 11.3. The highest BCUT2D eigenvalue weighted by molar-refractivity contribution is 7.95. The molecule has 78 valence electrons. The van der Waals surface area contributed by atoms with Gasteiger partial charge in [-0.05, 0) is 12.8 Å². The Balaban J connectivity index is 1.89. The molecule has 2 fully saturated rings. The lowest BCUT2D eigenvalue weighted by Crippen LogP contribution is -2.32. The lowest BCUT2D eigenvalue weighted by Gasteiger charge is -2.27. The minimum atomic E-state index is -0.0365. The first-order valence-corrected chi connectivity index (χ1v) is 5.79. The maximum absolute atomic E-state index is 11.3. The molecule has 0 spiro atoms. The highest BCUT2D eigenvalue weighted by Gasteiger charge is 2.31. The summed E-state index contributed by atoms with van der Waals surface area (Å²) in [4.78, 5) is 22.6. The van der Waals surface area contributed by atoms with Gasteiger partial charge in [-0.1, -0.05) is 6.42 Å². The van der Waals surface area contributed by atoms with Gasteiger partial charge in [-0.25, -0.2) is 8.61 Å². The van der Waals surface area contributed by atoms with Crippen molar-refractivity contribution < 1.29 is 9.59 Å². The summed E-state index contributed by atoms with van der Waals surface area (Å²) < 4.78 is 3.44. The number of imide groups is 1. The Hall–Kier alpha value is -0.550. The van der Waals surface area contributed by atoms with Crippen molar-refractivity contribution in [1.82, 2.24) is 8.61 Å². The van der Waals surface area contributed by atoms with E-state index in [4.69, 9.17) is 0 Å². The zero-order valence-electron chi connectivity index (χ0n) is 8.07. The van der Waals surface area contributed by atoms with Gasteiger partial charge >= 0.3 is 0 Å². The van der Waals surface area contributed by atoms with Gasteiger partial charge in [0.25, 0.3) is 0 Å². The molecule has 2 aliphatic rings. The third-order valence-corrected chi connectivity index (χ3v) is 3.68. The van der Waals surface area contributed by atoms with Crippen LogP contribution >= 0.6 is 12.1 Å². The van der Waals surface area contributed by atoms with Gasteiger partial charge in [0.1, 0.15) is 0 Å². The van der Waals surface area contributed by atoms with Gasteiger partial charge in [0.2, 0.25) is 11.8 Å².